The fourth-order valence-electron chi connectivity index (χ4n) is 2.31. The summed E-state index contributed by atoms with van der Waals surface area (Å²) in [5, 5.41) is 8.54. The van der Waals surface area contributed by atoms with Crippen LogP contribution in [0.5, 0.6) is 0 Å². The number of benzene rings is 1. The van der Waals surface area contributed by atoms with Crippen molar-refractivity contribution in [1.82, 2.24) is 19.3 Å². The Hall–Kier alpha value is -1.44. The van der Waals surface area contributed by atoms with Crippen LogP contribution in [0, 0.1) is 0 Å². The van der Waals surface area contributed by atoms with Crippen molar-refractivity contribution in [2.75, 3.05) is 13.1 Å². The molecule has 0 amide bonds. The van der Waals surface area contributed by atoms with Crippen LogP contribution in [-0.2, 0) is 10.0 Å². The average Bonchev–Trinajstić information content (AvgIpc) is 3.10. The van der Waals surface area contributed by atoms with Crippen LogP contribution in [0.4, 0.5) is 0 Å². The molecule has 6 nitrogen and oxygen atoms in total. The van der Waals surface area contributed by atoms with Crippen molar-refractivity contribution >= 4 is 21.6 Å². The van der Waals surface area contributed by atoms with E-state index in [1.165, 1.54) is 10.4 Å². The summed E-state index contributed by atoms with van der Waals surface area (Å²) in [6.07, 6.45) is 3.89. The van der Waals surface area contributed by atoms with Crippen molar-refractivity contribution in [3.63, 3.8) is 0 Å². The van der Waals surface area contributed by atoms with Crippen molar-refractivity contribution in [1.29, 1.82) is 0 Å². The number of hydrogen-bond acceptors (Lipinski definition) is 4. The van der Waals surface area contributed by atoms with Crippen LogP contribution in [0.2, 0.25) is 5.02 Å². The molecular formula is C12H13ClN4O2S. The maximum atomic E-state index is 12.5. The summed E-state index contributed by atoms with van der Waals surface area (Å²) in [6, 6.07) is 6.30. The molecule has 0 spiro atoms. The number of aromatic nitrogens is 3. The second-order valence-corrected chi connectivity index (χ2v) is 6.99. The highest BCUT2D eigenvalue weighted by molar-refractivity contribution is 7.89. The van der Waals surface area contributed by atoms with Gasteiger partial charge in [0, 0.05) is 18.1 Å². The highest BCUT2D eigenvalue weighted by Crippen LogP contribution is 2.27. The fraction of sp³-hybridized carbons (Fsp3) is 0.333. The largest absolute Gasteiger partial charge is 0.243 e. The number of hydrogen-bond donors (Lipinski definition) is 0. The molecule has 1 fully saturated rings. The van der Waals surface area contributed by atoms with E-state index < -0.39 is 10.0 Å². The highest BCUT2D eigenvalue weighted by Gasteiger charge is 2.34. The number of nitrogens with zero attached hydrogens (tertiary/aromatic N) is 4. The molecule has 1 saturated heterocycles. The van der Waals surface area contributed by atoms with Gasteiger partial charge in [-0.3, -0.25) is 0 Å². The van der Waals surface area contributed by atoms with Gasteiger partial charge in [-0.05, 0) is 24.6 Å². The topological polar surface area (TPSA) is 68.1 Å². The van der Waals surface area contributed by atoms with E-state index in [4.69, 9.17) is 11.6 Å². The zero-order valence-corrected chi connectivity index (χ0v) is 12.1. The second kappa shape index (κ2) is 5.16. The minimum Gasteiger partial charge on any atom is -0.207 e. The first-order valence-electron chi connectivity index (χ1n) is 6.19. The van der Waals surface area contributed by atoms with E-state index in [-0.39, 0.29) is 10.9 Å². The molecule has 2 aromatic rings. The van der Waals surface area contributed by atoms with E-state index in [9.17, 15) is 8.42 Å². The molecule has 1 atom stereocenters. The van der Waals surface area contributed by atoms with Gasteiger partial charge in [0.05, 0.1) is 23.3 Å². The summed E-state index contributed by atoms with van der Waals surface area (Å²) in [5.41, 5.74) is 0. The molecule has 1 aliphatic heterocycles. The third-order valence-electron chi connectivity index (χ3n) is 3.32. The van der Waals surface area contributed by atoms with Gasteiger partial charge in [-0.25, -0.2) is 8.42 Å². The van der Waals surface area contributed by atoms with E-state index in [0.29, 0.717) is 24.5 Å². The van der Waals surface area contributed by atoms with Crippen molar-refractivity contribution < 1.29 is 8.42 Å². The van der Waals surface area contributed by atoms with Gasteiger partial charge in [-0.15, -0.1) is 0 Å². The summed E-state index contributed by atoms with van der Waals surface area (Å²) in [7, 11) is -3.51. The van der Waals surface area contributed by atoms with Crippen molar-refractivity contribution in [3.8, 4) is 0 Å². The van der Waals surface area contributed by atoms with Crippen LogP contribution in [0.3, 0.4) is 0 Å². The molecule has 20 heavy (non-hydrogen) atoms. The molecule has 0 aliphatic carbocycles. The quantitative estimate of drug-likeness (QED) is 0.862. The van der Waals surface area contributed by atoms with Gasteiger partial charge in [-0.1, -0.05) is 17.7 Å². The number of rotatable bonds is 3. The SMILES string of the molecule is O=S(=O)(c1cccc(Cl)c1)N1CCC(n2nccn2)C1. The summed E-state index contributed by atoms with van der Waals surface area (Å²) in [6.45, 7) is 0.838. The maximum Gasteiger partial charge on any atom is 0.243 e. The molecule has 0 N–H and O–H groups in total. The lowest BCUT2D eigenvalue weighted by Gasteiger charge is -2.16. The van der Waals surface area contributed by atoms with Gasteiger partial charge in [-0.2, -0.15) is 19.3 Å². The molecule has 3 rings (SSSR count). The summed E-state index contributed by atoms with van der Waals surface area (Å²) >= 11 is 5.86. The van der Waals surface area contributed by atoms with Gasteiger partial charge < -0.3 is 0 Å². The lowest BCUT2D eigenvalue weighted by molar-refractivity contribution is 0.402. The number of halogens is 1. The Morgan fingerprint density at radius 3 is 2.70 bits per heavy atom. The minimum absolute atomic E-state index is 0.0149. The maximum absolute atomic E-state index is 12.5. The van der Waals surface area contributed by atoms with Crippen LogP contribution >= 0.6 is 11.6 Å². The monoisotopic (exact) mass is 312 g/mol. The minimum atomic E-state index is -3.51. The predicted molar refractivity (Wildman–Crippen MR) is 73.9 cm³/mol. The molecule has 2 heterocycles. The predicted octanol–water partition coefficient (Wildman–Crippen LogP) is 1.57. The molecule has 1 aromatic heterocycles. The molecule has 1 aliphatic rings. The molecular weight excluding hydrogens is 300 g/mol. The van der Waals surface area contributed by atoms with E-state index in [2.05, 4.69) is 10.2 Å². The first-order valence-corrected chi connectivity index (χ1v) is 8.01. The first-order chi connectivity index (χ1) is 9.57. The molecule has 0 saturated carbocycles. The Labute approximate surface area is 122 Å². The fourth-order valence-corrected chi connectivity index (χ4v) is 4.10. The average molecular weight is 313 g/mol. The van der Waals surface area contributed by atoms with Crippen LogP contribution in [0.15, 0.2) is 41.6 Å². The Morgan fingerprint density at radius 1 is 1.25 bits per heavy atom. The zero-order chi connectivity index (χ0) is 14.2. The van der Waals surface area contributed by atoms with Gasteiger partial charge in [0.15, 0.2) is 0 Å². The third kappa shape index (κ3) is 2.44. The standard InChI is InChI=1S/C12H13ClN4O2S/c13-10-2-1-3-12(8-10)20(18,19)16-7-4-11(9-16)17-14-5-6-15-17/h1-3,5-6,8,11H,4,7,9H2. The smallest absolute Gasteiger partial charge is 0.207 e. The van der Waals surface area contributed by atoms with Crippen LogP contribution in [-0.4, -0.2) is 40.8 Å². The van der Waals surface area contributed by atoms with Crippen molar-refractivity contribution in [3.05, 3.63) is 41.7 Å². The molecule has 1 aromatic carbocycles. The lowest BCUT2D eigenvalue weighted by Crippen LogP contribution is -2.29. The molecule has 1 unspecified atom stereocenters. The summed E-state index contributed by atoms with van der Waals surface area (Å²) in [4.78, 5) is 1.78. The molecule has 8 heteroatoms. The van der Waals surface area contributed by atoms with E-state index in [1.807, 2.05) is 0 Å². The third-order valence-corrected chi connectivity index (χ3v) is 5.42. The van der Waals surface area contributed by atoms with Crippen molar-refractivity contribution in [2.45, 2.75) is 17.4 Å². The van der Waals surface area contributed by atoms with E-state index in [0.717, 1.165) is 0 Å². The van der Waals surface area contributed by atoms with E-state index in [1.54, 1.807) is 35.4 Å². The van der Waals surface area contributed by atoms with Crippen LogP contribution < -0.4 is 0 Å². The van der Waals surface area contributed by atoms with Crippen molar-refractivity contribution in [2.24, 2.45) is 0 Å². The van der Waals surface area contributed by atoms with E-state index >= 15 is 0 Å². The lowest BCUT2D eigenvalue weighted by atomic mass is 10.3. The number of sulfonamides is 1. The summed E-state index contributed by atoms with van der Waals surface area (Å²) in [5.74, 6) is 0. The van der Waals surface area contributed by atoms with Gasteiger partial charge >= 0.3 is 0 Å². The second-order valence-electron chi connectivity index (χ2n) is 4.61. The first kappa shape index (κ1) is 13.5. The molecule has 0 radical (unpaired) electrons. The summed E-state index contributed by atoms with van der Waals surface area (Å²) < 4.78 is 26.5. The van der Waals surface area contributed by atoms with Crippen LogP contribution in [0.1, 0.15) is 12.5 Å². The molecule has 0 bridgehead atoms. The highest BCUT2D eigenvalue weighted by atomic mass is 35.5. The Bertz CT molecular complexity index is 702. The van der Waals surface area contributed by atoms with Crippen LogP contribution in [0.25, 0.3) is 0 Å². The Morgan fingerprint density at radius 2 is 2.00 bits per heavy atom. The Balaban J connectivity index is 1.83. The van der Waals surface area contributed by atoms with Gasteiger partial charge in [0.2, 0.25) is 10.0 Å². The van der Waals surface area contributed by atoms with Gasteiger partial charge in [0.1, 0.15) is 0 Å². The van der Waals surface area contributed by atoms with Gasteiger partial charge in [0.25, 0.3) is 0 Å². The zero-order valence-electron chi connectivity index (χ0n) is 10.6. The normalized spacial score (nSPS) is 20.4. The Kier molecular flexibility index (Phi) is 3.49. The molecule has 106 valence electrons.